The lowest BCUT2D eigenvalue weighted by Gasteiger charge is -2.43. The molecule has 1 aliphatic heterocycles. The van der Waals surface area contributed by atoms with Crippen molar-refractivity contribution in [2.45, 2.75) is 30.8 Å². The molecule has 0 radical (unpaired) electrons. The van der Waals surface area contributed by atoms with E-state index in [1.54, 1.807) is 35.7 Å². The average Bonchev–Trinajstić information content (AvgIpc) is 2.82. The van der Waals surface area contributed by atoms with Gasteiger partial charge in [0.05, 0.1) is 23.7 Å². The summed E-state index contributed by atoms with van der Waals surface area (Å²) in [5.41, 5.74) is 1.99. The molecule has 1 heterocycles. The second-order valence-corrected chi connectivity index (χ2v) is 10.2. The monoisotopic (exact) mass is 450 g/mol. The molecule has 0 bridgehead atoms. The summed E-state index contributed by atoms with van der Waals surface area (Å²) in [4.78, 5) is 2.70. The fourth-order valence-electron chi connectivity index (χ4n) is 4.50. The van der Waals surface area contributed by atoms with E-state index < -0.39 is 10.0 Å². The van der Waals surface area contributed by atoms with Gasteiger partial charge in [-0.3, -0.25) is 9.21 Å². The van der Waals surface area contributed by atoms with Crippen molar-refractivity contribution in [3.05, 3.63) is 90.5 Å². The van der Waals surface area contributed by atoms with Gasteiger partial charge in [-0.15, -0.1) is 0 Å². The molecule has 0 unspecified atom stereocenters. The molecule has 168 valence electrons. The Hall–Kier alpha value is -2.83. The SMILES string of the molecule is COc1ccc(S(=O)(=O)N(c2ccccc2)[C@@H]2CCN(Cc3ccccc3)C[C@@H]2C)cc1. The number of nitrogens with zero attached hydrogens (tertiary/aromatic N) is 2. The van der Waals surface area contributed by atoms with Crippen molar-refractivity contribution in [2.24, 2.45) is 5.92 Å². The van der Waals surface area contributed by atoms with Crippen molar-refractivity contribution < 1.29 is 13.2 Å². The molecule has 1 saturated heterocycles. The van der Waals surface area contributed by atoms with E-state index in [1.165, 1.54) is 5.56 Å². The molecule has 5 nitrogen and oxygen atoms in total. The molecule has 0 N–H and O–H groups in total. The number of hydrogen-bond donors (Lipinski definition) is 0. The molecule has 0 aliphatic carbocycles. The molecule has 3 aromatic carbocycles. The van der Waals surface area contributed by atoms with E-state index in [1.807, 2.05) is 36.4 Å². The van der Waals surface area contributed by atoms with E-state index in [2.05, 4.69) is 36.1 Å². The zero-order chi connectivity index (χ0) is 22.6. The average molecular weight is 451 g/mol. The summed E-state index contributed by atoms with van der Waals surface area (Å²) in [6.07, 6.45) is 0.776. The molecule has 0 spiro atoms. The normalized spacial score (nSPS) is 19.4. The van der Waals surface area contributed by atoms with Crippen molar-refractivity contribution in [2.75, 3.05) is 24.5 Å². The van der Waals surface area contributed by atoms with Crippen LogP contribution in [0.5, 0.6) is 5.75 Å². The number of para-hydroxylation sites is 1. The Balaban J connectivity index is 1.61. The number of ether oxygens (including phenoxy) is 1. The Kier molecular flexibility index (Phi) is 6.82. The highest BCUT2D eigenvalue weighted by molar-refractivity contribution is 7.92. The first kappa shape index (κ1) is 22.4. The number of piperidine rings is 1. The van der Waals surface area contributed by atoms with Crippen LogP contribution in [0.1, 0.15) is 18.9 Å². The molecule has 32 heavy (non-hydrogen) atoms. The summed E-state index contributed by atoms with van der Waals surface area (Å²) in [6, 6.07) is 26.4. The smallest absolute Gasteiger partial charge is 0.264 e. The molecule has 2 atom stereocenters. The number of benzene rings is 3. The predicted molar refractivity (Wildman–Crippen MR) is 128 cm³/mol. The van der Waals surface area contributed by atoms with Crippen LogP contribution >= 0.6 is 0 Å². The zero-order valence-corrected chi connectivity index (χ0v) is 19.4. The standard InChI is InChI=1S/C26H30N2O3S/c1-21-19-27(20-22-9-5-3-6-10-22)18-17-26(21)28(23-11-7-4-8-12-23)32(29,30)25-15-13-24(31-2)14-16-25/h3-16,21,26H,17-20H2,1-2H3/t21-,26+/m0/s1. The summed E-state index contributed by atoms with van der Waals surface area (Å²) in [7, 11) is -2.15. The molecule has 0 aromatic heterocycles. The highest BCUT2D eigenvalue weighted by atomic mass is 32.2. The van der Waals surface area contributed by atoms with Gasteiger partial charge in [0, 0.05) is 19.6 Å². The van der Waals surface area contributed by atoms with Gasteiger partial charge >= 0.3 is 0 Å². The van der Waals surface area contributed by atoms with Crippen LogP contribution in [-0.4, -0.2) is 39.6 Å². The Morgan fingerprint density at radius 3 is 2.16 bits per heavy atom. The lowest BCUT2D eigenvalue weighted by atomic mass is 9.93. The van der Waals surface area contributed by atoms with Crippen LogP contribution in [-0.2, 0) is 16.6 Å². The molecular formula is C26H30N2O3S. The topological polar surface area (TPSA) is 49.9 Å². The van der Waals surface area contributed by atoms with E-state index in [4.69, 9.17) is 4.74 Å². The van der Waals surface area contributed by atoms with Crippen molar-refractivity contribution in [3.8, 4) is 5.75 Å². The third-order valence-electron chi connectivity index (χ3n) is 6.12. The van der Waals surface area contributed by atoms with Crippen LogP contribution in [0.25, 0.3) is 0 Å². The summed E-state index contributed by atoms with van der Waals surface area (Å²) >= 11 is 0. The fraction of sp³-hybridized carbons (Fsp3) is 0.308. The Morgan fingerprint density at radius 2 is 1.56 bits per heavy atom. The quantitative estimate of drug-likeness (QED) is 0.519. The van der Waals surface area contributed by atoms with Crippen LogP contribution in [0, 0.1) is 5.92 Å². The first-order chi connectivity index (χ1) is 15.5. The van der Waals surface area contributed by atoms with E-state index in [0.29, 0.717) is 11.4 Å². The molecule has 1 aliphatic rings. The van der Waals surface area contributed by atoms with Gasteiger partial charge in [-0.2, -0.15) is 0 Å². The lowest BCUT2D eigenvalue weighted by molar-refractivity contribution is 0.159. The maximum atomic E-state index is 13.8. The van der Waals surface area contributed by atoms with Crippen molar-refractivity contribution >= 4 is 15.7 Å². The van der Waals surface area contributed by atoms with Gasteiger partial charge in [0.1, 0.15) is 5.75 Å². The first-order valence-electron chi connectivity index (χ1n) is 11.0. The maximum Gasteiger partial charge on any atom is 0.264 e. The molecule has 1 fully saturated rings. The van der Waals surface area contributed by atoms with Gasteiger partial charge in [0.25, 0.3) is 10.0 Å². The van der Waals surface area contributed by atoms with Gasteiger partial charge in [-0.1, -0.05) is 55.5 Å². The van der Waals surface area contributed by atoms with Crippen molar-refractivity contribution in [3.63, 3.8) is 0 Å². The third kappa shape index (κ3) is 4.81. The summed E-state index contributed by atoms with van der Waals surface area (Å²) in [5, 5.41) is 0. The summed E-state index contributed by atoms with van der Waals surface area (Å²) < 4.78 is 34.5. The number of rotatable bonds is 7. The molecule has 4 rings (SSSR count). The van der Waals surface area contributed by atoms with E-state index in [-0.39, 0.29) is 16.9 Å². The van der Waals surface area contributed by atoms with Gasteiger partial charge in [0.15, 0.2) is 0 Å². The second-order valence-electron chi connectivity index (χ2n) is 8.37. The second kappa shape index (κ2) is 9.76. The maximum absolute atomic E-state index is 13.8. The summed E-state index contributed by atoms with van der Waals surface area (Å²) in [6.45, 7) is 4.74. The van der Waals surface area contributed by atoms with E-state index in [9.17, 15) is 8.42 Å². The predicted octanol–water partition coefficient (Wildman–Crippen LogP) is 4.80. The Bertz CT molecular complexity index is 1100. The van der Waals surface area contributed by atoms with Crippen LogP contribution in [0.3, 0.4) is 0 Å². The number of likely N-dealkylation sites (tertiary alicyclic amines) is 1. The molecule has 3 aromatic rings. The molecule has 0 saturated carbocycles. The van der Waals surface area contributed by atoms with Gasteiger partial charge in [0.2, 0.25) is 0 Å². The minimum Gasteiger partial charge on any atom is -0.497 e. The highest BCUT2D eigenvalue weighted by Gasteiger charge is 2.37. The minimum atomic E-state index is -3.73. The number of sulfonamides is 1. The number of methoxy groups -OCH3 is 1. The molecular weight excluding hydrogens is 420 g/mol. The van der Waals surface area contributed by atoms with Crippen molar-refractivity contribution in [1.29, 1.82) is 0 Å². The van der Waals surface area contributed by atoms with Gasteiger partial charge in [-0.25, -0.2) is 8.42 Å². The lowest BCUT2D eigenvalue weighted by Crippen LogP contribution is -2.52. The van der Waals surface area contributed by atoms with E-state index in [0.717, 1.165) is 26.1 Å². The first-order valence-corrected chi connectivity index (χ1v) is 12.4. The van der Waals surface area contributed by atoms with Crippen LogP contribution in [0.15, 0.2) is 89.8 Å². The van der Waals surface area contributed by atoms with E-state index >= 15 is 0 Å². The number of hydrogen-bond acceptors (Lipinski definition) is 4. The third-order valence-corrected chi connectivity index (χ3v) is 7.99. The molecule has 0 amide bonds. The Labute approximate surface area is 191 Å². The summed E-state index contributed by atoms with van der Waals surface area (Å²) in [5.74, 6) is 0.818. The van der Waals surface area contributed by atoms with Crippen LogP contribution < -0.4 is 9.04 Å². The van der Waals surface area contributed by atoms with Gasteiger partial charge in [-0.05, 0) is 54.3 Å². The van der Waals surface area contributed by atoms with Gasteiger partial charge < -0.3 is 4.74 Å². The Morgan fingerprint density at radius 1 is 0.938 bits per heavy atom. The molecule has 6 heteroatoms. The van der Waals surface area contributed by atoms with Crippen LogP contribution in [0.2, 0.25) is 0 Å². The zero-order valence-electron chi connectivity index (χ0n) is 18.6. The van der Waals surface area contributed by atoms with Crippen LogP contribution in [0.4, 0.5) is 5.69 Å². The van der Waals surface area contributed by atoms with Crippen molar-refractivity contribution in [1.82, 2.24) is 4.90 Å². The fourth-order valence-corrected chi connectivity index (χ4v) is 6.27. The largest absolute Gasteiger partial charge is 0.497 e. The number of anilines is 1. The minimum absolute atomic E-state index is 0.114. The highest BCUT2D eigenvalue weighted by Crippen LogP contribution is 2.33.